The highest BCUT2D eigenvalue weighted by Gasteiger charge is 2.56. The van der Waals surface area contributed by atoms with Crippen molar-refractivity contribution in [3.63, 3.8) is 0 Å². The number of carbonyl (C=O) groups is 5. The third-order valence-corrected chi connectivity index (χ3v) is 10.6. The van der Waals surface area contributed by atoms with Crippen molar-refractivity contribution in [3.8, 4) is 0 Å². The summed E-state index contributed by atoms with van der Waals surface area (Å²) in [6.45, 7) is 9.72. The van der Waals surface area contributed by atoms with E-state index >= 15 is 0 Å². The lowest BCUT2D eigenvalue weighted by atomic mass is 9.73. The van der Waals surface area contributed by atoms with E-state index in [0.29, 0.717) is 30.0 Å². The first-order chi connectivity index (χ1) is 23.1. The summed E-state index contributed by atoms with van der Waals surface area (Å²) < 4.78 is 0. The van der Waals surface area contributed by atoms with Gasteiger partial charge >= 0.3 is 0 Å². The van der Waals surface area contributed by atoms with Crippen molar-refractivity contribution in [2.24, 2.45) is 16.0 Å². The number of Topliss-reactive ketones (excluding diaryl/α,β-unsaturated/α-hetero) is 1. The lowest BCUT2D eigenvalue weighted by molar-refractivity contribution is -0.145. The Hall–Kier alpha value is -3.47. The van der Waals surface area contributed by atoms with Crippen LogP contribution in [0.2, 0.25) is 5.02 Å². The van der Waals surface area contributed by atoms with Gasteiger partial charge in [-0.3, -0.25) is 24.0 Å². The van der Waals surface area contributed by atoms with Crippen molar-refractivity contribution in [1.82, 2.24) is 20.9 Å². The average Bonchev–Trinajstić information content (AvgIpc) is 3.63. The average molecular weight is 698 g/mol. The van der Waals surface area contributed by atoms with Crippen LogP contribution in [0, 0.1) is 10.8 Å². The molecule has 0 unspecified atom stereocenters. The summed E-state index contributed by atoms with van der Waals surface area (Å²) in [6.07, 6.45) is 8.52. The molecular weight excluding hydrogens is 646 g/mol. The van der Waals surface area contributed by atoms with Crippen LogP contribution in [-0.2, 0) is 28.8 Å². The van der Waals surface area contributed by atoms with Crippen molar-refractivity contribution >= 4 is 46.7 Å². The summed E-state index contributed by atoms with van der Waals surface area (Å²) in [6, 6.07) is 4.25. The Bertz CT molecular complexity index is 1480. The van der Waals surface area contributed by atoms with Gasteiger partial charge in [-0.1, -0.05) is 89.2 Å². The Balaban J connectivity index is 1.39. The molecule has 4 amide bonds. The van der Waals surface area contributed by atoms with Crippen molar-refractivity contribution in [2.45, 2.75) is 141 Å². The van der Waals surface area contributed by atoms with Crippen molar-refractivity contribution in [2.75, 3.05) is 6.54 Å². The monoisotopic (exact) mass is 697 g/mol. The van der Waals surface area contributed by atoms with Crippen LogP contribution in [0.4, 0.5) is 0 Å². The molecule has 4 aliphatic rings. The van der Waals surface area contributed by atoms with Gasteiger partial charge in [0.1, 0.15) is 12.1 Å². The fourth-order valence-corrected chi connectivity index (χ4v) is 7.61. The standard InChI is InChI=1S/C37H52ClN5O6/c1-6-11-26(30(45)33(47)39-25-14-15-25)40-32(46)28-20-37(19-27(42-49-37)23-12-10-13-24(38)18-23)22-43(28)34(48)31(35(2,3)4)41-29(44)21-36(5)16-8-7-9-17-36/h10,12-13,18,25-26,28,31H,6-9,11,14-17,19-22H2,1-5H3,(H,39,47)(H,40,46)(H,41,44)/t26-,28-,31+,37+/m0/s1. The van der Waals surface area contributed by atoms with Crippen molar-refractivity contribution in [1.29, 1.82) is 0 Å². The van der Waals surface area contributed by atoms with Crippen LogP contribution in [0.3, 0.4) is 0 Å². The number of rotatable bonds is 12. The van der Waals surface area contributed by atoms with E-state index in [4.69, 9.17) is 16.4 Å². The molecule has 0 radical (unpaired) electrons. The molecule has 1 saturated heterocycles. The van der Waals surface area contributed by atoms with E-state index < -0.39 is 52.6 Å². The maximum Gasteiger partial charge on any atom is 0.289 e. The molecule has 0 aromatic heterocycles. The minimum atomic E-state index is -1.04. The van der Waals surface area contributed by atoms with Crippen molar-refractivity contribution < 1.29 is 28.8 Å². The van der Waals surface area contributed by atoms with Gasteiger partial charge in [0, 0.05) is 35.9 Å². The van der Waals surface area contributed by atoms with E-state index in [-0.39, 0.29) is 36.8 Å². The number of carbonyl (C=O) groups excluding carboxylic acids is 5. The first-order valence-corrected chi connectivity index (χ1v) is 18.3. The van der Waals surface area contributed by atoms with Crippen LogP contribution in [0.5, 0.6) is 0 Å². The lowest BCUT2D eigenvalue weighted by Gasteiger charge is -2.37. The maximum absolute atomic E-state index is 14.6. The number of hydrogen-bond acceptors (Lipinski definition) is 7. The molecular formula is C37H52ClN5O6. The maximum atomic E-state index is 14.6. The van der Waals surface area contributed by atoms with Crippen molar-refractivity contribution in [3.05, 3.63) is 34.9 Å². The van der Waals surface area contributed by atoms with E-state index in [0.717, 1.165) is 44.1 Å². The Kier molecular flexibility index (Phi) is 11.1. The number of hydrogen-bond donors (Lipinski definition) is 3. The topological polar surface area (TPSA) is 146 Å². The zero-order valence-corrected chi connectivity index (χ0v) is 30.3. The Labute approximate surface area is 294 Å². The Morgan fingerprint density at radius 2 is 1.80 bits per heavy atom. The quantitative estimate of drug-likeness (QED) is 0.267. The molecule has 3 N–H and O–H groups in total. The molecule has 12 heteroatoms. The van der Waals surface area contributed by atoms with Crippen LogP contribution >= 0.6 is 11.6 Å². The number of nitrogens with zero attached hydrogens (tertiary/aromatic N) is 2. The third-order valence-electron chi connectivity index (χ3n) is 10.4. The summed E-state index contributed by atoms with van der Waals surface area (Å²) >= 11 is 6.25. The second-order valence-electron chi connectivity index (χ2n) is 16.1. The SMILES string of the molecule is CCC[C@H](NC(=O)[C@@H]1C[C@]2(CC(c3cccc(Cl)c3)=NO2)CN1C(=O)[C@@H](NC(=O)CC1(C)CCCCC1)C(C)(C)C)C(=O)C(=O)NC1CC1. The third kappa shape index (κ3) is 9.01. The van der Waals surface area contributed by atoms with E-state index in [9.17, 15) is 24.0 Å². The van der Waals surface area contributed by atoms with Crippen LogP contribution < -0.4 is 16.0 Å². The molecule has 2 saturated carbocycles. The Morgan fingerprint density at radius 1 is 1.08 bits per heavy atom. The predicted molar refractivity (Wildman–Crippen MR) is 187 cm³/mol. The van der Waals surface area contributed by atoms with Gasteiger partial charge in [-0.2, -0.15) is 0 Å². The molecule has 4 atom stereocenters. The number of nitrogens with one attached hydrogen (secondary N) is 3. The molecule has 2 aliphatic carbocycles. The minimum absolute atomic E-state index is 0.00400. The highest BCUT2D eigenvalue weighted by Crippen LogP contribution is 2.41. The molecule has 1 aromatic carbocycles. The molecule has 2 aliphatic heterocycles. The number of halogens is 1. The lowest BCUT2D eigenvalue weighted by Crippen LogP contribution is -2.59. The molecule has 268 valence electrons. The summed E-state index contributed by atoms with van der Waals surface area (Å²) in [5, 5.41) is 13.5. The zero-order chi connectivity index (χ0) is 35.6. The number of likely N-dealkylation sites (tertiary alicyclic amines) is 1. The van der Waals surface area contributed by atoms with Crippen LogP contribution in [0.15, 0.2) is 29.4 Å². The molecule has 0 bridgehead atoms. The number of amides is 4. The van der Waals surface area contributed by atoms with Gasteiger partial charge in [0.25, 0.3) is 5.91 Å². The smallest absolute Gasteiger partial charge is 0.289 e. The number of ketones is 1. The second kappa shape index (κ2) is 14.8. The van der Waals surface area contributed by atoms with Gasteiger partial charge in [0.15, 0.2) is 5.60 Å². The van der Waals surface area contributed by atoms with Gasteiger partial charge in [0.05, 0.1) is 18.3 Å². The van der Waals surface area contributed by atoms with Gasteiger partial charge in [-0.05, 0) is 55.1 Å². The first-order valence-electron chi connectivity index (χ1n) is 17.9. The van der Waals surface area contributed by atoms with E-state index in [2.05, 4.69) is 28.0 Å². The fraction of sp³-hybridized carbons (Fsp3) is 0.676. The van der Waals surface area contributed by atoms with Crippen LogP contribution in [0.25, 0.3) is 0 Å². The summed E-state index contributed by atoms with van der Waals surface area (Å²) in [7, 11) is 0. The first kappa shape index (κ1) is 36.8. The predicted octanol–water partition coefficient (Wildman–Crippen LogP) is 4.83. The molecule has 11 nitrogen and oxygen atoms in total. The van der Waals surface area contributed by atoms with E-state index in [1.807, 2.05) is 39.8 Å². The summed E-state index contributed by atoms with van der Waals surface area (Å²) in [5.74, 6) is -2.56. The minimum Gasteiger partial charge on any atom is -0.387 e. The number of benzene rings is 1. The summed E-state index contributed by atoms with van der Waals surface area (Å²) in [5.41, 5.74) is -0.385. The molecule has 1 spiro atoms. The zero-order valence-electron chi connectivity index (χ0n) is 29.5. The van der Waals surface area contributed by atoms with Gasteiger partial charge in [0.2, 0.25) is 23.5 Å². The Morgan fingerprint density at radius 3 is 2.43 bits per heavy atom. The fourth-order valence-electron chi connectivity index (χ4n) is 7.42. The van der Waals surface area contributed by atoms with Crippen LogP contribution in [-0.4, -0.2) is 76.3 Å². The number of oxime groups is 1. The van der Waals surface area contributed by atoms with E-state index in [1.54, 1.807) is 12.1 Å². The largest absolute Gasteiger partial charge is 0.387 e. The van der Waals surface area contributed by atoms with E-state index in [1.165, 1.54) is 11.3 Å². The highest BCUT2D eigenvalue weighted by molar-refractivity contribution is 6.38. The highest BCUT2D eigenvalue weighted by atomic mass is 35.5. The second-order valence-corrected chi connectivity index (χ2v) is 16.5. The molecule has 5 rings (SSSR count). The van der Waals surface area contributed by atoms with Gasteiger partial charge < -0.3 is 25.7 Å². The van der Waals surface area contributed by atoms with Gasteiger partial charge in [-0.15, -0.1) is 0 Å². The molecule has 49 heavy (non-hydrogen) atoms. The van der Waals surface area contributed by atoms with Gasteiger partial charge in [-0.25, -0.2) is 0 Å². The molecule has 2 heterocycles. The van der Waals surface area contributed by atoms with Crippen LogP contribution in [0.1, 0.15) is 117 Å². The summed E-state index contributed by atoms with van der Waals surface area (Å²) in [4.78, 5) is 75.7. The molecule has 1 aromatic rings. The normalized spacial score (nSPS) is 24.4. The molecule has 3 fully saturated rings.